The Labute approximate surface area is 148 Å². The molecule has 5 nitrogen and oxygen atoms in total. The molecule has 0 amide bonds. The lowest BCUT2D eigenvalue weighted by Crippen LogP contribution is -2.27. The largest absolute Gasteiger partial charge is 0.384 e. The fraction of sp³-hybridized carbons (Fsp3) is 0.600. The number of aromatic nitrogens is 2. The topological polar surface area (TPSA) is 51.4 Å². The highest BCUT2D eigenvalue weighted by molar-refractivity contribution is 5.25. The van der Waals surface area contributed by atoms with Crippen LogP contribution in [0.15, 0.2) is 34.9 Å². The van der Waals surface area contributed by atoms with E-state index in [2.05, 4.69) is 40.4 Å². The molecule has 5 rings (SSSR count). The summed E-state index contributed by atoms with van der Waals surface area (Å²) in [5, 5.41) is 4.41. The number of rotatable bonds is 5. The first kappa shape index (κ1) is 15.5. The highest BCUT2D eigenvalue weighted by atomic mass is 16.5. The Hall–Kier alpha value is -1.72. The Bertz CT molecular complexity index is 740. The third-order valence-corrected chi connectivity index (χ3v) is 6.37. The second kappa shape index (κ2) is 5.92. The van der Waals surface area contributed by atoms with Crippen LogP contribution in [-0.4, -0.2) is 41.3 Å². The molecule has 2 aromatic rings. The van der Waals surface area contributed by atoms with Crippen molar-refractivity contribution in [3.05, 3.63) is 47.6 Å². The van der Waals surface area contributed by atoms with E-state index < -0.39 is 0 Å². The minimum atomic E-state index is -0.00714. The van der Waals surface area contributed by atoms with Crippen LogP contribution >= 0.6 is 0 Å². The molecule has 132 valence electrons. The third kappa shape index (κ3) is 2.52. The maximum absolute atomic E-state index is 5.69. The molecule has 0 radical (unpaired) electrons. The standard InChI is InChI=1S/C20H25N3O2/c1-24-13-20(9-10-20)19-21-18(22-25-19)15-12-17(14-6-3-2-4-7-14)23-11-5-8-16(15)23/h2-4,6-7,15-17H,5,8-13H2,1H3/t15-,16+,17-/m1/s1. The van der Waals surface area contributed by atoms with E-state index in [-0.39, 0.29) is 5.41 Å². The molecular weight excluding hydrogens is 314 g/mol. The Morgan fingerprint density at radius 3 is 2.88 bits per heavy atom. The zero-order chi connectivity index (χ0) is 16.9. The lowest BCUT2D eigenvalue weighted by molar-refractivity contribution is 0.155. The Balaban J connectivity index is 1.42. The lowest BCUT2D eigenvalue weighted by atomic mass is 9.94. The molecule has 2 saturated heterocycles. The van der Waals surface area contributed by atoms with Crippen molar-refractivity contribution < 1.29 is 9.26 Å². The molecule has 1 saturated carbocycles. The second-order valence-corrected chi connectivity index (χ2v) is 7.89. The van der Waals surface area contributed by atoms with Crippen molar-refractivity contribution >= 4 is 0 Å². The van der Waals surface area contributed by atoms with E-state index in [9.17, 15) is 0 Å². The van der Waals surface area contributed by atoms with Crippen LogP contribution in [0.5, 0.6) is 0 Å². The van der Waals surface area contributed by atoms with E-state index in [1.165, 1.54) is 24.9 Å². The van der Waals surface area contributed by atoms with Crippen molar-refractivity contribution in [2.45, 2.75) is 55.5 Å². The van der Waals surface area contributed by atoms with Gasteiger partial charge >= 0.3 is 0 Å². The van der Waals surface area contributed by atoms with E-state index >= 15 is 0 Å². The summed E-state index contributed by atoms with van der Waals surface area (Å²) in [7, 11) is 1.75. The fourth-order valence-corrected chi connectivity index (χ4v) is 4.90. The molecule has 0 spiro atoms. The molecule has 3 heterocycles. The Morgan fingerprint density at radius 2 is 2.12 bits per heavy atom. The quantitative estimate of drug-likeness (QED) is 0.835. The maximum Gasteiger partial charge on any atom is 0.235 e. The van der Waals surface area contributed by atoms with Crippen molar-refractivity contribution in [1.29, 1.82) is 0 Å². The van der Waals surface area contributed by atoms with Gasteiger partial charge < -0.3 is 9.26 Å². The average Bonchev–Trinajstić information content (AvgIpc) is 3.03. The van der Waals surface area contributed by atoms with Gasteiger partial charge in [0.2, 0.25) is 5.89 Å². The van der Waals surface area contributed by atoms with E-state index in [1.54, 1.807) is 7.11 Å². The van der Waals surface area contributed by atoms with Gasteiger partial charge in [-0.3, -0.25) is 4.90 Å². The molecule has 5 heteroatoms. The summed E-state index contributed by atoms with van der Waals surface area (Å²) in [5.41, 5.74) is 1.41. The van der Waals surface area contributed by atoms with Crippen molar-refractivity contribution in [3.63, 3.8) is 0 Å². The minimum absolute atomic E-state index is 0.00714. The molecule has 1 aromatic carbocycles. The number of benzene rings is 1. The molecule has 2 aliphatic heterocycles. The number of methoxy groups -OCH3 is 1. The van der Waals surface area contributed by atoms with Crippen LogP contribution in [0.1, 0.15) is 61.3 Å². The van der Waals surface area contributed by atoms with Gasteiger partial charge in [0.05, 0.1) is 12.0 Å². The van der Waals surface area contributed by atoms with Gasteiger partial charge in [-0.2, -0.15) is 4.98 Å². The monoisotopic (exact) mass is 339 g/mol. The van der Waals surface area contributed by atoms with E-state index in [0.29, 0.717) is 24.6 Å². The maximum atomic E-state index is 5.69. The van der Waals surface area contributed by atoms with Gasteiger partial charge in [0.1, 0.15) is 0 Å². The van der Waals surface area contributed by atoms with Crippen LogP contribution in [0.25, 0.3) is 0 Å². The Kier molecular flexibility index (Phi) is 3.68. The van der Waals surface area contributed by atoms with Gasteiger partial charge in [-0.05, 0) is 44.2 Å². The highest BCUT2D eigenvalue weighted by Crippen LogP contribution is 2.51. The van der Waals surface area contributed by atoms with Crippen molar-refractivity contribution in [1.82, 2.24) is 15.0 Å². The van der Waals surface area contributed by atoms with Crippen molar-refractivity contribution in [2.75, 3.05) is 20.3 Å². The molecule has 0 N–H and O–H groups in total. The van der Waals surface area contributed by atoms with Gasteiger partial charge in [-0.1, -0.05) is 35.5 Å². The first-order valence-corrected chi connectivity index (χ1v) is 9.44. The average molecular weight is 339 g/mol. The molecule has 0 bridgehead atoms. The summed E-state index contributed by atoms with van der Waals surface area (Å²) < 4.78 is 11.1. The summed E-state index contributed by atoms with van der Waals surface area (Å²) in [6.07, 6.45) is 5.78. The summed E-state index contributed by atoms with van der Waals surface area (Å²) in [5.74, 6) is 2.08. The predicted octanol–water partition coefficient (Wildman–Crippen LogP) is 3.44. The molecule has 0 unspecified atom stereocenters. The van der Waals surface area contributed by atoms with Crippen LogP contribution in [0, 0.1) is 0 Å². The third-order valence-electron chi connectivity index (χ3n) is 6.37. The molecule has 3 aliphatic rings. The van der Waals surface area contributed by atoms with Gasteiger partial charge in [-0.15, -0.1) is 0 Å². The number of hydrogen-bond acceptors (Lipinski definition) is 5. The summed E-state index contributed by atoms with van der Waals surface area (Å²) in [6, 6.07) is 11.9. The number of ether oxygens (including phenoxy) is 1. The zero-order valence-corrected chi connectivity index (χ0v) is 14.7. The number of fused-ring (bicyclic) bond motifs is 1. The number of hydrogen-bond donors (Lipinski definition) is 0. The summed E-state index contributed by atoms with van der Waals surface area (Å²) in [6.45, 7) is 1.86. The van der Waals surface area contributed by atoms with Crippen molar-refractivity contribution in [3.8, 4) is 0 Å². The lowest BCUT2D eigenvalue weighted by Gasteiger charge is -2.24. The van der Waals surface area contributed by atoms with Crippen LogP contribution in [0.4, 0.5) is 0 Å². The smallest absolute Gasteiger partial charge is 0.235 e. The first-order valence-electron chi connectivity index (χ1n) is 9.44. The van der Waals surface area contributed by atoms with Crippen LogP contribution in [0.2, 0.25) is 0 Å². The van der Waals surface area contributed by atoms with Crippen molar-refractivity contribution in [2.24, 2.45) is 0 Å². The summed E-state index contributed by atoms with van der Waals surface area (Å²) in [4.78, 5) is 7.51. The number of nitrogens with zero attached hydrogens (tertiary/aromatic N) is 3. The zero-order valence-electron chi connectivity index (χ0n) is 14.7. The SMILES string of the molecule is COCC1(c2nc([C@@H]3C[C@H](c4ccccc4)N4CCC[C@@H]34)no2)CC1. The molecular formula is C20H25N3O2. The van der Waals surface area contributed by atoms with E-state index in [0.717, 1.165) is 31.0 Å². The minimum Gasteiger partial charge on any atom is -0.384 e. The van der Waals surface area contributed by atoms with Gasteiger partial charge in [-0.25, -0.2) is 0 Å². The first-order chi connectivity index (χ1) is 12.3. The molecule has 1 aromatic heterocycles. The highest BCUT2D eigenvalue weighted by Gasteiger charge is 2.51. The van der Waals surface area contributed by atoms with Crippen LogP contribution < -0.4 is 0 Å². The van der Waals surface area contributed by atoms with Gasteiger partial charge in [0.15, 0.2) is 5.82 Å². The van der Waals surface area contributed by atoms with E-state index in [1.807, 2.05) is 0 Å². The fourth-order valence-electron chi connectivity index (χ4n) is 4.90. The molecule has 3 atom stereocenters. The second-order valence-electron chi connectivity index (χ2n) is 7.89. The van der Waals surface area contributed by atoms with Crippen LogP contribution in [0.3, 0.4) is 0 Å². The van der Waals surface area contributed by atoms with E-state index in [4.69, 9.17) is 14.2 Å². The van der Waals surface area contributed by atoms with Gasteiger partial charge in [0.25, 0.3) is 0 Å². The summed E-state index contributed by atoms with van der Waals surface area (Å²) >= 11 is 0. The normalized spacial score (nSPS) is 30.5. The predicted molar refractivity (Wildman–Crippen MR) is 93.4 cm³/mol. The van der Waals surface area contributed by atoms with Gasteiger partial charge in [0, 0.05) is 25.1 Å². The molecule has 3 fully saturated rings. The Morgan fingerprint density at radius 1 is 1.28 bits per heavy atom. The molecule has 25 heavy (non-hydrogen) atoms. The van der Waals surface area contributed by atoms with Crippen LogP contribution in [-0.2, 0) is 10.2 Å². The molecule has 1 aliphatic carbocycles.